The molecule has 0 aliphatic carbocycles. The van der Waals surface area contributed by atoms with Crippen molar-refractivity contribution in [1.29, 1.82) is 0 Å². The van der Waals surface area contributed by atoms with Crippen molar-refractivity contribution in [2.24, 2.45) is 0 Å². The number of carbonyl (C=O) groups excluding carboxylic acids is 2. The Hall–Kier alpha value is -1.89. The summed E-state index contributed by atoms with van der Waals surface area (Å²) >= 11 is 11.7. The van der Waals surface area contributed by atoms with Crippen LogP contribution in [0.15, 0.2) is 47.4 Å². The summed E-state index contributed by atoms with van der Waals surface area (Å²) in [6, 6.07) is 9.85. The minimum absolute atomic E-state index is 0.0311. The van der Waals surface area contributed by atoms with E-state index in [9.17, 15) is 18.0 Å². The first-order valence-corrected chi connectivity index (χ1v) is 9.74. The zero-order valence-electron chi connectivity index (χ0n) is 13.3. The molecule has 5 nitrogen and oxygen atoms in total. The van der Waals surface area contributed by atoms with Crippen molar-refractivity contribution in [2.45, 2.75) is 17.9 Å². The van der Waals surface area contributed by atoms with Gasteiger partial charge >= 0.3 is 5.97 Å². The van der Waals surface area contributed by atoms with Crippen LogP contribution >= 0.6 is 23.2 Å². The predicted molar refractivity (Wildman–Crippen MR) is 95.2 cm³/mol. The van der Waals surface area contributed by atoms with Crippen molar-refractivity contribution in [1.82, 2.24) is 0 Å². The SMILES string of the molecule is C[C@@H](OC(=O)c1cc(S(C)(=O)=O)ccc1Cl)C(=O)c1ccc(Cl)cc1. The third kappa shape index (κ3) is 4.81. The maximum absolute atomic E-state index is 12.3. The van der Waals surface area contributed by atoms with Gasteiger partial charge in [0.2, 0.25) is 5.78 Å². The van der Waals surface area contributed by atoms with Crippen molar-refractivity contribution in [3.8, 4) is 0 Å². The Labute approximate surface area is 155 Å². The molecule has 0 spiro atoms. The van der Waals surface area contributed by atoms with E-state index in [1.165, 1.54) is 31.2 Å². The Morgan fingerprint density at radius 1 is 1.04 bits per heavy atom. The van der Waals surface area contributed by atoms with E-state index in [2.05, 4.69) is 0 Å². The van der Waals surface area contributed by atoms with Crippen molar-refractivity contribution in [3.63, 3.8) is 0 Å². The predicted octanol–water partition coefficient (Wildman–Crippen LogP) is 3.83. The highest BCUT2D eigenvalue weighted by Gasteiger charge is 2.23. The number of sulfone groups is 1. The van der Waals surface area contributed by atoms with Gasteiger partial charge < -0.3 is 4.74 Å². The molecule has 132 valence electrons. The molecule has 2 aromatic rings. The van der Waals surface area contributed by atoms with Crippen molar-refractivity contribution in [2.75, 3.05) is 6.26 Å². The number of benzene rings is 2. The Morgan fingerprint density at radius 3 is 2.20 bits per heavy atom. The number of Topliss-reactive ketones (excluding diaryl/α,β-unsaturated/α-hetero) is 1. The molecule has 0 radical (unpaired) electrons. The van der Waals surface area contributed by atoms with E-state index in [0.29, 0.717) is 10.6 Å². The van der Waals surface area contributed by atoms with Crippen LogP contribution in [0.3, 0.4) is 0 Å². The molecule has 0 aliphatic rings. The molecule has 0 N–H and O–H groups in total. The Balaban J connectivity index is 2.21. The summed E-state index contributed by atoms with van der Waals surface area (Å²) < 4.78 is 28.3. The van der Waals surface area contributed by atoms with Crippen molar-refractivity contribution < 1.29 is 22.7 Å². The highest BCUT2D eigenvalue weighted by Crippen LogP contribution is 2.22. The molecule has 0 fully saturated rings. The van der Waals surface area contributed by atoms with Crippen LogP contribution in [0.2, 0.25) is 10.0 Å². The molecule has 8 heteroatoms. The number of rotatable bonds is 5. The van der Waals surface area contributed by atoms with Crippen LogP contribution in [0.25, 0.3) is 0 Å². The lowest BCUT2D eigenvalue weighted by Gasteiger charge is -2.13. The Bertz CT molecular complexity index is 921. The standard InChI is InChI=1S/C17H14Cl2O5S/c1-10(16(20)11-3-5-12(18)6-4-11)24-17(21)14-9-13(25(2,22)23)7-8-15(14)19/h3-10H,1-2H3/t10-/m1/s1. The summed E-state index contributed by atoms with van der Waals surface area (Å²) in [6.45, 7) is 1.42. The molecule has 2 rings (SSSR count). The molecule has 0 saturated carbocycles. The first kappa shape index (κ1) is 19.4. The summed E-state index contributed by atoms with van der Waals surface area (Å²) in [7, 11) is -3.51. The van der Waals surface area contributed by atoms with Gasteiger partial charge in [-0.2, -0.15) is 0 Å². The van der Waals surface area contributed by atoms with E-state index in [0.717, 1.165) is 12.3 Å². The molecule has 0 aliphatic heterocycles. The number of hydrogen-bond donors (Lipinski definition) is 0. The number of ether oxygens (including phenoxy) is 1. The molecule has 0 bridgehead atoms. The number of ketones is 1. The fourth-order valence-corrected chi connectivity index (χ4v) is 2.99. The van der Waals surface area contributed by atoms with Gasteiger partial charge in [-0.3, -0.25) is 4.79 Å². The van der Waals surface area contributed by atoms with Crippen LogP contribution in [0.1, 0.15) is 27.6 Å². The second-order valence-corrected chi connectivity index (χ2v) is 8.19. The van der Waals surface area contributed by atoms with Crippen LogP contribution in [0.4, 0.5) is 0 Å². The molecule has 0 unspecified atom stereocenters. The van der Waals surface area contributed by atoms with Gasteiger partial charge in [0.15, 0.2) is 15.9 Å². The Morgan fingerprint density at radius 2 is 1.64 bits per heavy atom. The average molecular weight is 401 g/mol. The summed E-state index contributed by atoms with van der Waals surface area (Å²) in [5.41, 5.74) is 0.209. The van der Waals surface area contributed by atoms with Gasteiger partial charge in [-0.05, 0) is 49.4 Å². The lowest BCUT2D eigenvalue weighted by molar-refractivity contribution is 0.0318. The van der Waals surface area contributed by atoms with Crippen molar-refractivity contribution in [3.05, 3.63) is 63.6 Å². The second-order valence-electron chi connectivity index (χ2n) is 5.33. The molecule has 0 aromatic heterocycles. The average Bonchev–Trinajstić information content (AvgIpc) is 2.54. The first-order chi connectivity index (χ1) is 11.6. The summed E-state index contributed by atoms with van der Waals surface area (Å²) in [5, 5.41) is 0.508. The molecule has 2 aromatic carbocycles. The van der Waals surface area contributed by atoms with E-state index in [1.54, 1.807) is 12.1 Å². The minimum atomic E-state index is -3.51. The molecule has 0 heterocycles. The van der Waals surface area contributed by atoms with Gasteiger partial charge in [0.1, 0.15) is 0 Å². The van der Waals surface area contributed by atoms with Gasteiger partial charge in [0.05, 0.1) is 15.5 Å². The minimum Gasteiger partial charge on any atom is -0.451 e. The van der Waals surface area contributed by atoms with Crippen LogP contribution in [-0.2, 0) is 14.6 Å². The maximum Gasteiger partial charge on any atom is 0.340 e. The number of carbonyl (C=O) groups is 2. The van der Waals surface area contributed by atoms with Crippen LogP contribution < -0.4 is 0 Å². The topological polar surface area (TPSA) is 77.5 Å². The van der Waals surface area contributed by atoms with Gasteiger partial charge in [0, 0.05) is 16.8 Å². The van der Waals surface area contributed by atoms with Gasteiger partial charge in [0.25, 0.3) is 0 Å². The highest BCUT2D eigenvalue weighted by molar-refractivity contribution is 7.90. The second kappa shape index (κ2) is 7.56. The third-order valence-corrected chi connectivity index (χ3v) is 5.06. The summed E-state index contributed by atoms with van der Waals surface area (Å²) in [6.07, 6.45) is -0.0653. The smallest absolute Gasteiger partial charge is 0.340 e. The van der Waals surface area contributed by atoms with E-state index >= 15 is 0 Å². The lowest BCUT2D eigenvalue weighted by atomic mass is 10.1. The number of halogens is 2. The van der Waals surface area contributed by atoms with E-state index in [1.807, 2.05) is 0 Å². The highest BCUT2D eigenvalue weighted by atomic mass is 35.5. The molecule has 25 heavy (non-hydrogen) atoms. The fourth-order valence-electron chi connectivity index (χ4n) is 2.02. The monoisotopic (exact) mass is 400 g/mol. The quantitative estimate of drug-likeness (QED) is 0.562. The molecule has 1 atom stereocenters. The number of hydrogen-bond acceptors (Lipinski definition) is 5. The summed E-state index contributed by atoms with van der Waals surface area (Å²) in [4.78, 5) is 24.5. The third-order valence-electron chi connectivity index (χ3n) is 3.37. The van der Waals surface area contributed by atoms with Gasteiger partial charge in [-0.1, -0.05) is 23.2 Å². The van der Waals surface area contributed by atoms with E-state index in [4.69, 9.17) is 27.9 Å². The van der Waals surface area contributed by atoms with E-state index < -0.39 is 27.7 Å². The normalized spacial score (nSPS) is 12.5. The maximum atomic E-state index is 12.3. The molecule has 0 amide bonds. The van der Waals surface area contributed by atoms with Gasteiger partial charge in [-0.15, -0.1) is 0 Å². The van der Waals surface area contributed by atoms with Crippen LogP contribution in [-0.4, -0.2) is 32.5 Å². The summed E-state index contributed by atoms with van der Waals surface area (Å²) in [5.74, 6) is -1.30. The van der Waals surface area contributed by atoms with E-state index in [-0.39, 0.29) is 15.5 Å². The molecular weight excluding hydrogens is 387 g/mol. The Kier molecular flexibility index (Phi) is 5.87. The van der Waals surface area contributed by atoms with Crippen molar-refractivity contribution >= 4 is 44.8 Å². The van der Waals surface area contributed by atoms with Crippen LogP contribution in [0, 0.1) is 0 Å². The van der Waals surface area contributed by atoms with Crippen LogP contribution in [0.5, 0.6) is 0 Å². The largest absolute Gasteiger partial charge is 0.451 e. The number of esters is 1. The lowest BCUT2D eigenvalue weighted by Crippen LogP contribution is -2.24. The molecule has 0 saturated heterocycles. The fraction of sp³-hybridized carbons (Fsp3) is 0.176. The first-order valence-electron chi connectivity index (χ1n) is 7.10. The molecular formula is C17H14Cl2O5S. The zero-order valence-corrected chi connectivity index (χ0v) is 15.7. The van der Waals surface area contributed by atoms with Gasteiger partial charge in [-0.25, -0.2) is 13.2 Å². The zero-order chi connectivity index (χ0) is 18.8.